The van der Waals surface area contributed by atoms with Crippen LogP contribution in [0.3, 0.4) is 0 Å². The van der Waals surface area contributed by atoms with E-state index in [0.717, 1.165) is 5.75 Å². The van der Waals surface area contributed by atoms with Crippen molar-refractivity contribution in [2.75, 3.05) is 6.61 Å². The van der Waals surface area contributed by atoms with Gasteiger partial charge in [0.1, 0.15) is 12.4 Å². The molecule has 0 saturated carbocycles. The van der Waals surface area contributed by atoms with Crippen LogP contribution in [0, 0.1) is 11.5 Å². The Labute approximate surface area is 94.5 Å². The van der Waals surface area contributed by atoms with Gasteiger partial charge in [-0.3, -0.25) is 5.32 Å². The molecule has 3 N–H and O–H groups in total. The first kappa shape index (κ1) is 11.9. The molecule has 0 aliphatic heterocycles. The third-order valence-corrected chi connectivity index (χ3v) is 1.78. The minimum atomic E-state index is -0.110. The molecule has 0 aliphatic carbocycles. The van der Waals surface area contributed by atoms with Crippen molar-refractivity contribution < 1.29 is 4.74 Å². The lowest BCUT2D eigenvalue weighted by Crippen LogP contribution is -2.30. The summed E-state index contributed by atoms with van der Waals surface area (Å²) in [5.74, 6) is 0.892. The number of para-hydroxylation sites is 1. The summed E-state index contributed by atoms with van der Waals surface area (Å²) in [5, 5.41) is 10.6. The van der Waals surface area contributed by atoms with E-state index in [2.05, 4.69) is 10.3 Å². The van der Waals surface area contributed by atoms with Crippen LogP contribution >= 0.6 is 0 Å². The molecule has 1 atom stereocenters. The Kier molecular flexibility index (Phi) is 4.67. The van der Waals surface area contributed by atoms with Crippen molar-refractivity contribution in [3.63, 3.8) is 0 Å². The molecule has 5 nitrogen and oxygen atoms in total. The first-order chi connectivity index (χ1) is 7.72. The van der Waals surface area contributed by atoms with Crippen molar-refractivity contribution in [2.24, 2.45) is 10.7 Å². The highest BCUT2D eigenvalue weighted by atomic mass is 16.5. The highest BCUT2D eigenvalue weighted by Crippen LogP contribution is 2.08. The van der Waals surface area contributed by atoms with Gasteiger partial charge in [0.25, 0.3) is 0 Å². The maximum atomic E-state index is 8.30. The van der Waals surface area contributed by atoms with Gasteiger partial charge in [0, 0.05) is 0 Å². The molecule has 0 heterocycles. The minimum Gasteiger partial charge on any atom is -0.491 e. The molecule has 0 aliphatic rings. The average molecular weight is 218 g/mol. The van der Waals surface area contributed by atoms with Crippen molar-refractivity contribution in [1.29, 1.82) is 5.26 Å². The summed E-state index contributed by atoms with van der Waals surface area (Å²) in [7, 11) is 0. The standard InChI is InChI=1S/C11H14N4O/c1-9(15-11(13)14-8-12)7-16-10-5-3-2-4-6-10/h2-6,9H,7H2,1H3,(H3,13,14,15). The first-order valence-corrected chi connectivity index (χ1v) is 4.88. The number of nitrogens with one attached hydrogen (secondary N) is 1. The highest BCUT2D eigenvalue weighted by Gasteiger charge is 2.01. The first-order valence-electron chi connectivity index (χ1n) is 4.88. The zero-order chi connectivity index (χ0) is 11.8. The Balaban J connectivity index is 2.39. The number of aliphatic imine (C=N–C) groups is 1. The molecule has 1 aromatic rings. The second kappa shape index (κ2) is 6.30. The SMILES string of the molecule is CC(COc1ccccc1)N=C(N)NC#N. The topological polar surface area (TPSA) is 83.4 Å². The molecule has 84 valence electrons. The second-order valence-electron chi connectivity index (χ2n) is 3.22. The number of ether oxygens (including phenoxy) is 1. The van der Waals surface area contributed by atoms with Crippen molar-refractivity contribution in [3.8, 4) is 11.9 Å². The molecule has 5 heteroatoms. The van der Waals surface area contributed by atoms with Crippen LogP contribution in [0.5, 0.6) is 5.75 Å². The molecule has 0 amide bonds. The van der Waals surface area contributed by atoms with Crippen molar-refractivity contribution in [3.05, 3.63) is 30.3 Å². The van der Waals surface area contributed by atoms with Gasteiger partial charge in [-0.05, 0) is 19.1 Å². The summed E-state index contributed by atoms with van der Waals surface area (Å²) in [5.41, 5.74) is 5.41. The van der Waals surface area contributed by atoms with Gasteiger partial charge in [0.05, 0.1) is 6.04 Å². The Morgan fingerprint density at radius 1 is 1.56 bits per heavy atom. The molecule has 1 rings (SSSR count). The summed E-state index contributed by atoms with van der Waals surface area (Å²) in [6.45, 7) is 2.27. The highest BCUT2D eigenvalue weighted by molar-refractivity contribution is 5.79. The second-order valence-corrected chi connectivity index (χ2v) is 3.22. The van der Waals surface area contributed by atoms with E-state index in [0.29, 0.717) is 6.61 Å². The molecular weight excluding hydrogens is 204 g/mol. The van der Waals surface area contributed by atoms with Crippen LogP contribution in [-0.4, -0.2) is 18.6 Å². The van der Waals surface area contributed by atoms with Gasteiger partial charge >= 0.3 is 0 Å². The molecular formula is C11H14N4O. The summed E-state index contributed by atoms with van der Waals surface area (Å²) < 4.78 is 5.47. The van der Waals surface area contributed by atoms with Gasteiger partial charge < -0.3 is 10.5 Å². The summed E-state index contributed by atoms with van der Waals surface area (Å²) in [4.78, 5) is 4.02. The van der Waals surface area contributed by atoms with Gasteiger partial charge in [-0.25, -0.2) is 4.99 Å². The molecule has 16 heavy (non-hydrogen) atoms. The van der Waals surface area contributed by atoms with E-state index in [-0.39, 0.29) is 12.0 Å². The molecule has 0 spiro atoms. The predicted octanol–water partition coefficient (Wildman–Crippen LogP) is 0.839. The number of hydrogen-bond acceptors (Lipinski definition) is 3. The number of guanidine groups is 1. The predicted molar refractivity (Wildman–Crippen MR) is 61.8 cm³/mol. The summed E-state index contributed by atoms with van der Waals surface area (Å²) in [6, 6.07) is 9.34. The Morgan fingerprint density at radius 2 is 2.25 bits per heavy atom. The van der Waals surface area contributed by atoms with Crippen LogP contribution in [0.4, 0.5) is 0 Å². The van der Waals surface area contributed by atoms with E-state index in [1.165, 1.54) is 0 Å². The third kappa shape index (κ3) is 4.33. The van der Waals surface area contributed by atoms with E-state index < -0.39 is 0 Å². The minimum absolute atomic E-state index is 0.103. The summed E-state index contributed by atoms with van der Waals surface area (Å²) >= 11 is 0. The molecule has 0 aromatic heterocycles. The van der Waals surface area contributed by atoms with Crippen LogP contribution in [0.1, 0.15) is 6.92 Å². The third-order valence-electron chi connectivity index (χ3n) is 1.78. The average Bonchev–Trinajstić information content (AvgIpc) is 2.28. The van der Waals surface area contributed by atoms with Crippen molar-refractivity contribution >= 4 is 5.96 Å². The van der Waals surface area contributed by atoms with E-state index >= 15 is 0 Å². The maximum Gasteiger partial charge on any atom is 0.202 e. The quantitative estimate of drug-likeness (QED) is 0.339. The number of nitrogens with two attached hydrogens (primary N) is 1. The van der Waals surface area contributed by atoms with E-state index in [1.807, 2.05) is 37.3 Å². The molecule has 0 fully saturated rings. The molecule has 0 bridgehead atoms. The van der Waals surface area contributed by atoms with E-state index in [1.54, 1.807) is 6.19 Å². The normalized spacial score (nSPS) is 12.6. The fraction of sp³-hybridized carbons (Fsp3) is 0.273. The smallest absolute Gasteiger partial charge is 0.202 e. The largest absolute Gasteiger partial charge is 0.491 e. The zero-order valence-corrected chi connectivity index (χ0v) is 9.05. The lowest BCUT2D eigenvalue weighted by molar-refractivity contribution is 0.297. The van der Waals surface area contributed by atoms with Crippen LogP contribution in [0.25, 0.3) is 0 Å². The maximum absolute atomic E-state index is 8.30. The Bertz CT molecular complexity index is 383. The van der Waals surface area contributed by atoms with Crippen LogP contribution in [-0.2, 0) is 0 Å². The monoisotopic (exact) mass is 218 g/mol. The number of nitriles is 1. The lowest BCUT2D eigenvalue weighted by Gasteiger charge is -2.09. The fourth-order valence-corrected chi connectivity index (χ4v) is 1.10. The van der Waals surface area contributed by atoms with E-state index in [9.17, 15) is 0 Å². The molecule has 1 unspecified atom stereocenters. The van der Waals surface area contributed by atoms with Crippen molar-refractivity contribution in [2.45, 2.75) is 13.0 Å². The van der Waals surface area contributed by atoms with Crippen LogP contribution in [0.2, 0.25) is 0 Å². The number of hydrogen-bond donors (Lipinski definition) is 2. The van der Waals surface area contributed by atoms with E-state index in [4.69, 9.17) is 15.7 Å². The van der Waals surface area contributed by atoms with Gasteiger partial charge in [0.15, 0.2) is 6.19 Å². The Hall–Kier alpha value is -2.22. The lowest BCUT2D eigenvalue weighted by atomic mass is 10.3. The number of benzene rings is 1. The van der Waals surface area contributed by atoms with Gasteiger partial charge in [-0.2, -0.15) is 5.26 Å². The number of nitrogens with zero attached hydrogens (tertiary/aromatic N) is 2. The zero-order valence-electron chi connectivity index (χ0n) is 9.05. The van der Waals surface area contributed by atoms with Gasteiger partial charge in [-0.15, -0.1) is 0 Å². The molecule has 0 radical (unpaired) electrons. The Morgan fingerprint density at radius 3 is 2.88 bits per heavy atom. The van der Waals surface area contributed by atoms with Gasteiger partial charge in [-0.1, -0.05) is 18.2 Å². The van der Waals surface area contributed by atoms with Crippen LogP contribution < -0.4 is 15.8 Å². The van der Waals surface area contributed by atoms with Crippen LogP contribution in [0.15, 0.2) is 35.3 Å². The number of rotatable bonds is 4. The van der Waals surface area contributed by atoms with Gasteiger partial charge in [0.2, 0.25) is 5.96 Å². The fourth-order valence-electron chi connectivity index (χ4n) is 1.10. The molecule has 1 aromatic carbocycles. The summed E-state index contributed by atoms with van der Waals surface area (Å²) in [6.07, 6.45) is 1.70. The van der Waals surface area contributed by atoms with Crippen molar-refractivity contribution in [1.82, 2.24) is 5.32 Å². The molecule has 0 saturated heterocycles.